The second-order valence-corrected chi connectivity index (χ2v) is 10.5. The largest absolute Gasteiger partial charge is 0.478 e. The molecular formula is C33H27F3N6O4. The monoisotopic (exact) mass is 628 g/mol. The number of fused-ring (bicyclic) bond motifs is 1. The number of ether oxygens (including phenoxy) is 2. The summed E-state index contributed by atoms with van der Waals surface area (Å²) >= 11 is 0. The number of imidazole rings is 1. The van der Waals surface area contributed by atoms with Crippen molar-refractivity contribution in [3.63, 3.8) is 0 Å². The summed E-state index contributed by atoms with van der Waals surface area (Å²) in [6.45, 7) is 0.493. The van der Waals surface area contributed by atoms with Crippen molar-refractivity contribution in [2.75, 3.05) is 13.7 Å². The van der Waals surface area contributed by atoms with Crippen LogP contribution in [0.1, 0.15) is 27.3 Å². The molecule has 0 spiro atoms. The molecule has 0 atom stereocenters. The van der Waals surface area contributed by atoms with E-state index in [0.29, 0.717) is 41.3 Å². The molecule has 0 saturated heterocycles. The van der Waals surface area contributed by atoms with Crippen LogP contribution in [0.25, 0.3) is 33.5 Å². The highest BCUT2D eigenvalue weighted by molar-refractivity contribution is 5.92. The number of benzene rings is 3. The SMILES string of the molecule is COCCn1c(Cc2cc(F)c(-c3cccc(OCc4ccc(-c5cn(C)nn5)cc4F)n3)cc2F)nc2ccc(C(=O)O)cc21. The maximum atomic E-state index is 15.5. The van der Waals surface area contributed by atoms with E-state index >= 15 is 8.78 Å². The first-order chi connectivity index (χ1) is 22.2. The van der Waals surface area contributed by atoms with Gasteiger partial charge >= 0.3 is 5.97 Å². The Bertz CT molecular complexity index is 2080. The molecule has 3 aromatic heterocycles. The molecule has 0 amide bonds. The zero-order valence-electron chi connectivity index (χ0n) is 24.7. The first-order valence-corrected chi connectivity index (χ1v) is 14.1. The number of rotatable bonds is 11. The summed E-state index contributed by atoms with van der Waals surface area (Å²) in [5, 5.41) is 17.3. The Kier molecular flexibility index (Phi) is 8.49. The minimum Gasteiger partial charge on any atom is -0.478 e. The van der Waals surface area contributed by atoms with Crippen LogP contribution in [0.5, 0.6) is 5.88 Å². The Hall–Kier alpha value is -5.56. The van der Waals surface area contributed by atoms with Gasteiger partial charge in [-0.25, -0.2) is 27.9 Å². The van der Waals surface area contributed by atoms with Gasteiger partial charge in [-0.05, 0) is 48.0 Å². The molecular weight excluding hydrogens is 601 g/mol. The molecule has 0 aliphatic carbocycles. The summed E-state index contributed by atoms with van der Waals surface area (Å²) < 4.78 is 59.9. The van der Waals surface area contributed by atoms with Crippen molar-refractivity contribution in [2.45, 2.75) is 19.6 Å². The van der Waals surface area contributed by atoms with Gasteiger partial charge in [-0.15, -0.1) is 5.10 Å². The van der Waals surface area contributed by atoms with Gasteiger partial charge in [0.1, 0.15) is 35.6 Å². The predicted octanol–water partition coefficient (Wildman–Crippen LogP) is 5.83. The average molecular weight is 629 g/mol. The summed E-state index contributed by atoms with van der Waals surface area (Å²) in [6, 6.07) is 15.9. The number of hydrogen-bond donors (Lipinski definition) is 1. The van der Waals surface area contributed by atoms with Gasteiger partial charge in [0.05, 0.1) is 35.1 Å². The van der Waals surface area contributed by atoms with E-state index in [2.05, 4.69) is 20.3 Å². The van der Waals surface area contributed by atoms with Gasteiger partial charge in [0.2, 0.25) is 5.88 Å². The Morgan fingerprint density at radius 2 is 1.74 bits per heavy atom. The quantitative estimate of drug-likeness (QED) is 0.191. The van der Waals surface area contributed by atoms with Gasteiger partial charge in [0.15, 0.2) is 0 Å². The molecule has 3 aromatic carbocycles. The molecule has 6 rings (SSSR count). The van der Waals surface area contributed by atoms with E-state index in [9.17, 15) is 14.3 Å². The Morgan fingerprint density at radius 1 is 0.913 bits per heavy atom. The van der Waals surface area contributed by atoms with E-state index in [-0.39, 0.29) is 46.9 Å². The lowest BCUT2D eigenvalue weighted by atomic mass is 10.0. The van der Waals surface area contributed by atoms with Crippen molar-refractivity contribution in [3.8, 4) is 28.4 Å². The Balaban J connectivity index is 1.22. The zero-order valence-corrected chi connectivity index (χ0v) is 24.7. The Labute approximate surface area is 260 Å². The van der Waals surface area contributed by atoms with Gasteiger partial charge in [0, 0.05) is 49.9 Å². The lowest BCUT2D eigenvalue weighted by Crippen LogP contribution is -2.10. The van der Waals surface area contributed by atoms with Gasteiger partial charge < -0.3 is 19.1 Å². The fraction of sp³-hybridized carbons (Fsp3) is 0.182. The van der Waals surface area contributed by atoms with Crippen LogP contribution < -0.4 is 4.74 Å². The summed E-state index contributed by atoms with van der Waals surface area (Å²) in [4.78, 5) is 20.4. The summed E-state index contributed by atoms with van der Waals surface area (Å²) in [7, 11) is 3.25. The summed E-state index contributed by atoms with van der Waals surface area (Å²) in [6.07, 6.45) is 1.62. The number of aryl methyl sites for hydroxylation is 1. The smallest absolute Gasteiger partial charge is 0.335 e. The van der Waals surface area contributed by atoms with Crippen molar-refractivity contribution >= 4 is 17.0 Å². The number of aromatic nitrogens is 6. The minimum absolute atomic E-state index is 0.0540. The molecule has 0 saturated carbocycles. The molecule has 13 heteroatoms. The van der Waals surface area contributed by atoms with Gasteiger partial charge in [-0.3, -0.25) is 4.68 Å². The normalized spacial score (nSPS) is 11.3. The van der Waals surface area contributed by atoms with Crippen molar-refractivity contribution < 1.29 is 32.5 Å². The molecule has 234 valence electrons. The second kappa shape index (κ2) is 12.8. The zero-order chi connectivity index (χ0) is 32.4. The minimum atomic E-state index is -1.09. The maximum absolute atomic E-state index is 15.5. The fourth-order valence-electron chi connectivity index (χ4n) is 5.06. The van der Waals surface area contributed by atoms with Crippen LogP contribution in [0.2, 0.25) is 0 Å². The molecule has 6 aromatic rings. The topological polar surface area (TPSA) is 117 Å². The molecule has 3 heterocycles. The van der Waals surface area contributed by atoms with Crippen LogP contribution in [0.4, 0.5) is 13.2 Å². The third kappa shape index (κ3) is 6.31. The molecule has 0 aliphatic heterocycles. The van der Waals surface area contributed by atoms with Crippen molar-refractivity contribution in [1.29, 1.82) is 0 Å². The lowest BCUT2D eigenvalue weighted by Gasteiger charge is -2.12. The average Bonchev–Trinajstić information content (AvgIpc) is 3.63. The number of nitrogens with zero attached hydrogens (tertiary/aromatic N) is 6. The highest BCUT2D eigenvalue weighted by Gasteiger charge is 2.19. The number of carboxylic acid groups (broad SMARTS) is 1. The fourth-order valence-corrected chi connectivity index (χ4v) is 5.06. The van der Waals surface area contributed by atoms with Crippen LogP contribution in [0.15, 0.2) is 72.9 Å². The van der Waals surface area contributed by atoms with E-state index in [4.69, 9.17) is 9.47 Å². The van der Waals surface area contributed by atoms with Crippen LogP contribution in [-0.2, 0) is 31.4 Å². The molecule has 0 radical (unpaired) electrons. The number of carbonyl (C=O) groups is 1. The van der Waals surface area contributed by atoms with Crippen molar-refractivity contribution in [3.05, 3.63) is 113 Å². The number of methoxy groups -OCH3 is 1. The van der Waals surface area contributed by atoms with E-state index < -0.39 is 23.4 Å². The third-order valence-corrected chi connectivity index (χ3v) is 7.40. The number of aromatic carboxylic acids is 1. The first kappa shape index (κ1) is 30.5. The van der Waals surface area contributed by atoms with Gasteiger partial charge in [0.25, 0.3) is 0 Å². The highest BCUT2D eigenvalue weighted by Crippen LogP contribution is 2.29. The van der Waals surface area contributed by atoms with Crippen LogP contribution in [-0.4, -0.2) is 54.3 Å². The van der Waals surface area contributed by atoms with Gasteiger partial charge in [-0.2, -0.15) is 0 Å². The lowest BCUT2D eigenvalue weighted by molar-refractivity contribution is 0.0697. The number of carboxylic acids is 1. The third-order valence-electron chi connectivity index (χ3n) is 7.40. The molecule has 0 bridgehead atoms. The predicted molar refractivity (Wildman–Crippen MR) is 162 cm³/mol. The number of halogens is 3. The molecule has 0 unspecified atom stereocenters. The first-order valence-electron chi connectivity index (χ1n) is 14.1. The molecule has 10 nitrogen and oxygen atoms in total. The molecule has 0 fully saturated rings. The highest BCUT2D eigenvalue weighted by atomic mass is 19.1. The van der Waals surface area contributed by atoms with E-state index in [0.717, 1.165) is 12.1 Å². The molecule has 1 N–H and O–H groups in total. The van der Waals surface area contributed by atoms with E-state index in [1.54, 1.807) is 42.1 Å². The molecule has 46 heavy (non-hydrogen) atoms. The van der Waals surface area contributed by atoms with E-state index in [1.165, 1.54) is 42.1 Å². The second-order valence-electron chi connectivity index (χ2n) is 10.5. The van der Waals surface area contributed by atoms with Crippen LogP contribution in [0.3, 0.4) is 0 Å². The van der Waals surface area contributed by atoms with E-state index in [1.807, 2.05) is 0 Å². The van der Waals surface area contributed by atoms with Crippen LogP contribution in [0, 0.1) is 17.5 Å². The van der Waals surface area contributed by atoms with Crippen molar-refractivity contribution in [2.24, 2.45) is 7.05 Å². The standard InChI is InChI=1S/C33H27F3N6O4/c1-41-17-29(39-40-41)19-6-7-21(24(34)12-19)18-46-32-5-3-4-27(38-32)23-16-25(35)22(13-26(23)36)15-31-37-28-9-8-20(33(43)44)14-30(28)42(31)10-11-45-2/h3-9,12-14,16-17H,10-11,15,18H2,1-2H3,(H,43,44). The molecule has 0 aliphatic rings. The number of pyridine rings is 1. The van der Waals surface area contributed by atoms with Gasteiger partial charge in [-0.1, -0.05) is 23.4 Å². The Morgan fingerprint density at radius 3 is 2.48 bits per heavy atom. The number of hydrogen-bond acceptors (Lipinski definition) is 7. The maximum Gasteiger partial charge on any atom is 0.335 e. The summed E-state index contributed by atoms with van der Waals surface area (Å²) in [5.41, 5.74) is 2.64. The summed E-state index contributed by atoms with van der Waals surface area (Å²) in [5.74, 6) is -2.44. The van der Waals surface area contributed by atoms with Crippen molar-refractivity contribution in [1.82, 2.24) is 29.5 Å². The van der Waals surface area contributed by atoms with Crippen LogP contribution >= 0.6 is 0 Å².